The fourth-order valence-corrected chi connectivity index (χ4v) is 3.17. The monoisotopic (exact) mass is 383 g/mol. The van der Waals surface area contributed by atoms with Gasteiger partial charge in [-0.1, -0.05) is 17.7 Å². The van der Waals surface area contributed by atoms with Gasteiger partial charge in [0.15, 0.2) is 4.67 Å². The number of benzene rings is 1. The Hall–Kier alpha value is -1.50. The second-order valence-electron chi connectivity index (χ2n) is 4.14. The van der Waals surface area contributed by atoms with E-state index in [9.17, 15) is 9.59 Å². The molecule has 4 nitrogen and oxygen atoms in total. The smallest absolute Gasteiger partial charge is 0.298 e. The molecule has 0 spiro atoms. The zero-order valence-corrected chi connectivity index (χ0v) is 13.5. The van der Waals surface area contributed by atoms with Crippen LogP contribution in [0.1, 0.15) is 5.76 Å². The van der Waals surface area contributed by atoms with Crippen molar-refractivity contribution < 1.29 is 14.0 Å². The van der Waals surface area contributed by atoms with Crippen molar-refractivity contribution in [1.29, 1.82) is 0 Å². The van der Waals surface area contributed by atoms with Gasteiger partial charge in [-0.15, -0.1) is 0 Å². The average Bonchev–Trinajstić information content (AvgIpc) is 2.94. The third-order valence-corrected chi connectivity index (χ3v) is 4.26. The molecule has 0 saturated carbocycles. The fraction of sp³-hybridized carbons (Fsp3) is 0. The normalized spacial score (nSPS) is 17.0. The molecule has 0 N–H and O–H groups in total. The lowest BCUT2D eigenvalue weighted by atomic mass is 10.3. The van der Waals surface area contributed by atoms with Crippen LogP contribution in [0.3, 0.4) is 0 Å². The molecule has 2 heterocycles. The van der Waals surface area contributed by atoms with Gasteiger partial charge in [-0.2, -0.15) is 0 Å². The molecule has 7 heteroatoms. The number of anilines is 1. The SMILES string of the molecule is O=C1S/C(=C/c2ccc(Br)o2)C(=O)N1c1cccc(Cl)c1. The topological polar surface area (TPSA) is 50.5 Å². The maximum atomic E-state index is 12.4. The number of amides is 2. The molecule has 0 atom stereocenters. The summed E-state index contributed by atoms with van der Waals surface area (Å²) in [5, 5.41) is 0.102. The molecular weight excluding hydrogens is 378 g/mol. The van der Waals surface area contributed by atoms with Crippen molar-refractivity contribution in [2.24, 2.45) is 0 Å². The van der Waals surface area contributed by atoms with Gasteiger partial charge >= 0.3 is 0 Å². The summed E-state index contributed by atoms with van der Waals surface area (Å²) in [6.45, 7) is 0. The minimum absolute atomic E-state index is 0.307. The lowest BCUT2D eigenvalue weighted by Gasteiger charge is -2.12. The van der Waals surface area contributed by atoms with Crippen molar-refractivity contribution in [3.05, 3.63) is 56.8 Å². The summed E-state index contributed by atoms with van der Waals surface area (Å²) >= 11 is 9.95. The number of carbonyl (C=O) groups excluding carboxylic acids is 2. The predicted octanol–water partition coefficient (Wildman–Crippen LogP) is 4.94. The number of hydrogen-bond donors (Lipinski definition) is 0. The third kappa shape index (κ3) is 2.92. The summed E-state index contributed by atoms with van der Waals surface area (Å²) in [4.78, 5) is 25.8. The molecule has 1 aliphatic heterocycles. The Morgan fingerprint density at radius 1 is 1.24 bits per heavy atom. The highest BCUT2D eigenvalue weighted by Crippen LogP contribution is 2.36. The summed E-state index contributed by atoms with van der Waals surface area (Å²) in [5.41, 5.74) is 0.453. The van der Waals surface area contributed by atoms with Crippen LogP contribution in [0.4, 0.5) is 10.5 Å². The predicted molar refractivity (Wildman–Crippen MR) is 86.3 cm³/mol. The zero-order chi connectivity index (χ0) is 15.0. The number of imide groups is 1. The van der Waals surface area contributed by atoms with E-state index in [2.05, 4.69) is 15.9 Å². The molecule has 1 saturated heterocycles. The molecule has 0 aliphatic carbocycles. The third-order valence-electron chi connectivity index (χ3n) is 2.73. The minimum Gasteiger partial charge on any atom is -0.450 e. The van der Waals surface area contributed by atoms with Crippen LogP contribution in [0.2, 0.25) is 5.02 Å². The van der Waals surface area contributed by atoms with E-state index in [1.165, 1.54) is 0 Å². The van der Waals surface area contributed by atoms with Crippen LogP contribution >= 0.6 is 39.3 Å². The molecular formula is C14H7BrClNO3S. The quantitative estimate of drug-likeness (QED) is 0.688. The van der Waals surface area contributed by atoms with E-state index in [0.29, 0.717) is 26.0 Å². The van der Waals surface area contributed by atoms with Gasteiger partial charge in [0.2, 0.25) is 0 Å². The van der Waals surface area contributed by atoms with Crippen LogP contribution < -0.4 is 4.90 Å². The number of hydrogen-bond acceptors (Lipinski definition) is 4. The molecule has 0 unspecified atom stereocenters. The highest BCUT2D eigenvalue weighted by molar-refractivity contribution is 9.10. The van der Waals surface area contributed by atoms with Crippen molar-refractivity contribution in [3.63, 3.8) is 0 Å². The van der Waals surface area contributed by atoms with Gasteiger partial charge in [0.1, 0.15) is 5.76 Å². The van der Waals surface area contributed by atoms with Gasteiger partial charge in [0.05, 0.1) is 10.6 Å². The van der Waals surface area contributed by atoms with Gasteiger partial charge in [0, 0.05) is 11.1 Å². The molecule has 1 aromatic heterocycles. The van der Waals surface area contributed by atoms with Crippen LogP contribution in [0.25, 0.3) is 6.08 Å². The number of nitrogens with zero attached hydrogens (tertiary/aromatic N) is 1. The van der Waals surface area contributed by atoms with E-state index >= 15 is 0 Å². The molecule has 0 bridgehead atoms. The van der Waals surface area contributed by atoms with Crippen molar-refractivity contribution in [2.45, 2.75) is 0 Å². The maximum Gasteiger partial charge on any atom is 0.298 e. The molecule has 21 heavy (non-hydrogen) atoms. The van der Waals surface area contributed by atoms with E-state index in [0.717, 1.165) is 16.7 Å². The van der Waals surface area contributed by atoms with Crippen LogP contribution in [0, 0.1) is 0 Å². The fourth-order valence-electron chi connectivity index (χ4n) is 1.84. The number of rotatable bonds is 2. The number of carbonyl (C=O) groups is 2. The van der Waals surface area contributed by atoms with Gasteiger partial charge in [-0.25, -0.2) is 4.90 Å². The first-order valence-corrected chi connectivity index (χ1v) is 7.82. The van der Waals surface area contributed by atoms with Crippen LogP contribution in [0.5, 0.6) is 0 Å². The summed E-state index contributed by atoms with van der Waals surface area (Å²) in [5.74, 6) is 0.109. The van der Waals surface area contributed by atoms with E-state index in [4.69, 9.17) is 16.0 Å². The van der Waals surface area contributed by atoms with E-state index in [1.54, 1.807) is 42.5 Å². The van der Waals surface area contributed by atoms with Crippen molar-refractivity contribution in [1.82, 2.24) is 0 Å². The molecule has 2 amide bonds. The summed E-state index contributed by atoms with van der Waals surface area (Å²) in [6.07, 6.45) is 1.54. The Labute approximate surface area is 137 Å². The molecule has 1 aliphatic rings. The van der Waals surface area contributed by atoms with Gasteiger partial charge < -0.3 is 4.42 Å². The molecule has 106 valence electrons. The Morgan fingerprint density at radius 2 is 2.05 bits per heavy atom. The summed E-state index contributed by atoms with van der Waals surface area (Å²) in [7, 11) is 0. The highest BCUT2D eigenvalue weighted by atomic mass is 79.9. The zero-order valence-electron chi connectivity index (χ0n) is 10.4. The Balaban J connectivity index is 1.94. The first-order valence-electron chi connectivity index (χ1n) is 5.83. The van der Waals surface area contributed by atoms with Gasteiger partial charge in [-0.05, 0) is 58.0 Å². The summed E-state index contributed by atoms with van der Waals surface area (Å²) in [6, 6.07) is 10.0. The van der Waals surface area contributed by atoms with Gasteiger partial charge in [0.25, 0.3) is 11.1 Å². The van der Waals surface area contributed by atoms with Crippen molar-refractivity contribution >= 4 is 62.2 Å². The molecule has 3 rings (SSSR count). The van der Waals surface area contributed by atoms with Gasteiger partial charge in [-0.3, -0.25) is 9.59 Å². The maximum absolute atomic E-state index is 12.4. The first-order chi connectivity index (χ1) is 10.0. The Bertz CT molecular complexity index is 771. The lowest BCUT2D eigenvalue weighted by molar-refractivity contribution is -0.113. The Kier molecular flexibility index (Phi) is 3.93. The Morgan fingerprint density at radius 3 is 2.71 bits per heavy atom. The standard InChI is InChI=1S/C14H7BrClNO3S/c15-12-5-4-10(20-12)7-11-13(18)17(14(19)21-11)9-3-1-2-8(16)6-9/h1-7H/b11-7+. The minimum atomic E-state index is -0.389. The van der Waals surface area contributed by atoms with Crippen LogP contribution in [-0.4, -0.2) is 11.1 Å². The summed E-state index contributed by atoms with van der Waals surface area (Å²) < 4.78 is 5.87. The van der Waals surface area contributed by atoms with E-state index < -0.39 is 0 Å². The van der Waals surface area contributed by atoms with Crippen LogP contribution in [0.15, 0.2) is 50.4 Å². The average molecular weight is 385 g/mol. The number of furan rings is 1. The highest BCUT2D eigenvalue weighted by Gasteiger charge is 2.36. The van der Waals surface area contributed by atoms with Crippen molar-refractivity contribution in [2.75, 3.05) is 4.90 Å². The molecule has 2 aromatic rings. The number of halogens is 2. The molecule has 1 aromatic carbocycles. The van der Waals surface area contributed by atoms with E-state index in [1.807, 2.05) is 0 Å². The second-order valence-corrected chi connectivity index (χ2v) is 6.35. The first kappa shape index (κ1) is 14.4. The molecule has 0 radical (unpaired) electrons. The molecule has 1 fully saturated rings. The van der Waals surface area contributed by atoms with E-state index in [-0.39, 0.29) is 11.1 Å². The van der Waals surface area contributed by atoms with Crippen molar-refractivity contribution in [3.8, 4) is 0 Å². The number of thioether (sulfide) groups is 1. The lowest BCUT2D eigenvalue weighted by Crippen LogP contribution is -2.27. The second kappa shape index (κ2) is 5.71. The largest absolute Gasteiger partial charge is 0.450 e. The van der Waals surface area contributed by atoms with Crippen LogP contribution in [-0.2, 0) is 4.79 Å².